The van der Waals surface area contributed by atoms with Crippen LogP contribution in [0.4, 0.5) is 0 Å². The van der Waals surface area contributed by atoms with Gasteiger partial charge in [0.15, 0.2) is 11.5 Å². The number of aromatic hydroxyl groups is 1. The molecule has 118 valence electrons. The zero-order valence-electron chi connectivity index (χ0n) is 13.6. The van der Waals surface area contributed by atoms with Crippen molar-refractivity contribution in [2.24, 2.45) is 11.8 Å². The number of hydrogen-bond donors (Lipinski definition) is 1. The number of Topliss-reactive ketones (excluding diaryl/α,β-unsaturated/α-hetero) is 1. The molecule has 0 amide bonds. The summed E-state index contributed by atoms with van der Waals surface area (Å²) >= 11 is 0. The second-order valence-corrected chi connectivity index (χ2v) is 5.60. The molecule has 0 fully saturated rings. The molecule has 0 bridgehead atoms. The van der Waals surface area contributed by atoms with Crippen LogP contribution in [0.1, 0.15) is 50.9 Å². The average molecular weight is 294 g/mol. The van der Waals surface area contributed by atoms with Crippen molar-refractivity contribution in [2.75, 3.05) is 7.11 Å². The number of carbonyl (C=O) groups is 2. The lowest BCUT2D eigenvalue weighted by molar-refractivity contribution is -0.122. The Kier molecular flexibility index (Phi) is 9.10. The summed E-state index contributed by atoms with van der Waals surface area (Å²) in [5.41, 5.74) is 0.486. The monoisotopic (exact) mass is 294 g/mol. The molecule has 1 aromatic carbocycles. The third-order valence-corrected chi connectivity index (χ3v) is 2.95. The van der Waals surface area contributed by atoms with Crippen LogP contribution in [0.2, 0.25) is 0 Å². The van der Waals surface area contributed by atoms with E-state index in [0.29, 0.717) is 29.3 Å². The number of methoxy groups -OCH3 is 1. The lowest BCUT2D eigenvalue weighted by atomic mass is 10.00. The van der Waals surface area contributed by atoms with E-state index in [0.717, 1.165) is 12.8 Å². The van der Waals surface area contributed by atoms with E-state index < -0.39 is 0 Å². The Morgan fingerprint density at radius 2 is 1.90 bits per heavy atom. The van der Waals surface area contributed by atoms with Gasteiger partial charge in [0.1, 0.15) is 12.1 Å². The normalized spacial score (nSPS) is 10.0. The number of aldehydes is 1. The van der Waals surface area contributed by atoms with Crippen LogP contribution in [-0.2, 0) is 4.79 Å². The summed E-state index contributed by atoms with van der Waals surface area (Å²) < 4.78 is 4.78. The van der Waals surface area contributed by atoms with Crippen molar-refractivity contribution in [3.63, 3.8) is 0 Å². The minimum Gasteiger partial charge on any atom is -0.504 e. The van der Waals surface area contributed by atoms with E-state index in [4.69, 9.17) is 9.84 Å². The first-order valence-electron chi connectivity index (χ1n) is 7.16. The number of phenols is 1. The zero-order chi connectivity index (χ0) is 16.4. The third-order valence-electron chi connectivity index (χ3n) is 2.95. The fourth-order valence-corrected chi connectivity index (χ4v) is 1.49. The van der Waals surface area contributed by atoms with Gasteiger partial charge in [-0.3, -0.25) is 9.59 Å². The van der Waals surface area contributed by atoms with Gasteiger partial charge < -0.3 is 9.84 Å². The molecule has 21 heavy (non-hydrogen) atoms. The molecule has 0 unspecified atom stereocenters. The number of benzene rings is 1. The molecule has 4 heteroatoms. The van der Waals surface area contributed by atoms with Crippen molar-refractivity contribution in [2.45, 2.75) is 40.5 Å². The highest BCUT2D eigenvalue weighted by molar-refractivity contribution is 5.80. The van der Waals surface area contributed by atoms with E-state index in [9.17, 15) is 9.59 Å². The van der Waals surface area contributed by atoms with Gasteiger partial charge >= 0.3 is 0 Å². The molecule has 0 radical (unpaired) electrons. The number of ketones is 1. The van der Waals surface area contributed by atoms with E-state index in [1.165, 1.54) is 25.3 Å². The van der Waals surface area contributed by atoms with E-state index in [2.05, 4.69) is 13.8 Å². The molecule has 0 atom stereocenters. The van der Waals surface area contributed by atoms with Gasteiger partial charge in [-0.25, -0.2) is 0 Å². The fourth-order valence-electron chi connectivity index (χ4n) is 1.49. The average Bonchev–Trinajstić information content (AvgIpc) is 2.45. The van der Waals surface area contributed by atoms with Crippen LogP contribution >= 0.6 is 0 Å². The maximum absolute atomic E-state index is 11.0. The van der Waals surface area contributed by atoms with Gasteiger partial charge in [-0.15, -0.1) is 0 Å². The first kappa shape index (κ1) is 19.2. The van der Waals surface area contributed by atoms with E-state index >= 15 is 0 Å². The van der Waals surface area contributed by atoms with Crippen molar-refractivity contribution in [1.29, 1.82) is 0 Å². The molecule has 1 N–H and O–H groups in total. The van der Waals surface area contributed by atoms with Crippen molar-refractivity contribution >= 4 is 12.1 Å². The number of carbonyl (C=O) groups excluding carboxylic acids is 2. The largest absolute Gasteiger partial charge is 0.504 e. The first-order valence-corrected chi connectivity index (χ1v) is 7.16. The topological polar surface area (TPSA) is 63.6 Å². The molecule has 4 nitrogen and oxygen atoms in total. The van der Waals surface area contributed by atoms with Crippen LogP contribution < -0.4 is 4.74 Å². The SMILES string of the molecule is CC(C)CCC(=O)C(C)C.COc1cc(C=O)ccc1O. The first-order chi connectivity index (χ1) is 9.81. The number of hydrogen-bond acceptors (Lipinski definition) is 4. The zero-order valence-corrected chi connectivity index (χ0v) is 13.6. The summed E-state index contributed by atoms with van der Waals surface area (Å²) in [5, 5.41) is 9.09. The summed E-state index contributed by atoms with van der Waals surface area (Å²) in [5.74, 6) is 1.63. The molecule has 0 spiro atoms. The highest BCUT2D eigenvalue weighted by atomic mass is 16.5. The molecule has 0 saturated heterocycles. The minimum atomic E-state index is 0.0399. The standard InChI is InChI=1S/C9H18O.C8H8O3/c1-7(2)5-6-9(10)8(3)4;1-11-8-4-6(5-9)2-3-7(8)10/h7-8H,5-6H2,1-4H3;2-5,10H,1H3. The van der Waals surface area contributed by atoms with Crippen molar-refractivity contribution in [1.82, 2.24) is 0 Å². The van der Waals surface area contributed by atoms with Gasteiger partial charge in [-0.2, -0.15) is 0 Å². The van der Waals surface area contributed by atoms with Crippen LogP contribution in [-0.4, -0.2) is 24.3 Å². The van der Waals surface area contributed by atoms with E-state index in [-0.39, 0.29) is 11.7 Å². The summed E-state index contributed by atoms with van der Waals surface area (Å²) in [6.45, 7) is 8.21. The van der Waals surface area contributed by atoms with Crippen LogP contribution in [0, 0.1) is 11.8 Å². The molecular weight excluding hydrogens is 268 g/mol. The van der Waals surface area contributed by atoms with E-state index in [1.807, 2.05) is 13.8 Å². The molecule has 0 aliphatic rings. The molecule has 0 saturated carbocycles. The Hall–Kier alpha value is -1.84. The van der Waals surface area contributed by atoms with Gasteiger partial charge in [0.05, 0.1) is 7.11 Å². The Bertz CT molecular complexity index is 450. The Balaban J connectivity index is 0.000000384. The highest BCUT2D eigenvalue weighted by Crippen LogP contribution is 2.25. The Morgan fingerprint density at radius 3 is 2.33 bits per heavy atom. The number of rotatable bonds is 6. The van der Waals surface area contributed by atoms with Crippen molar-refractivity contribution in [3.05, 3.63) is 23.8 Å². The molecule has 0 aliphatic carbocycles. The number of ether oxygens (including phenoxy) is 1. The van der Waals surface area contributed by atoms with Gasteiger partial charge in [0.25, 0.3) is 0 Å². The van der Waals surface area contributed by atoms with Crippen LogP contribution in [0.3, 0.4) is 0 Å². The molecule has 0 aromatic heterocycles. The smallest absolute Gasteiger partial charge is 0.161 e. The second-order valence-electron chi connectivity index (χ2n) is 5.60. The highest BCUT2D eigenvalue weighted by Gasteiger charge is 2.06. The summed E-state index contributed by atoms with van der Waals surface area (Å²) in [4.78, 5) is 21.3. The fraction of sp³-hybridized carbons (Fsp3) is 0.529. The third kappa shape index (κ3) is 8.12. The summed E-state index contributed by atoms with van der Waals surface area (Å²) in [6, 6.07) is 4.41. The van der Waals surface area contributed by atoms with Gasteiger partial charge in [-0.05, 0) is 30.5 Å². The predicted molar refractivity (Wildman–Crippen MR) is 84.0 cm³/mol. The molecule has 0 heterocycles. The second kappa shape index (κ2) is 9.97. The van der Waals surface area contributed by atoms with Crippen molar-refractivity contribution in [3.8, 4) is 11.5 Å². The van der Waals surface area contributed by atoms with Crippen molar-refractivity contribution < 1.29 is 19.4 Å². The van der Waals surface area contributed by atoms with Crippen LogP contribution in [0.25, 0.3) is 0 Å². The quantitative estimate of drug-likeness (QED) is 0.809. The van der Waals surface area contributed by atoms with Crippen LogP contribution in [0.15, 0.2) is 18.2 Å². The molecule has 1 aromatic rings. The molecule has 1 rings (SSSR count). The molecular formula is C17H26O4. The van der Waals surface area contributed by atoms with E-state index in [1.54, 1.807) is 0 Å². The maximum Gasteiger partial charge on any atom is 0.161 e. The van der Waals surface area contributed by atoms with Gasteiger partial charge in [-0.1, -0.05) is 27.7 Å². The maximum atomic E-state index is 11.0. The summed E-state index contributed by atoms with van der Waals surface area (Å²) in [7, 11) is 1.43. The Labute approximate surface area is 127 Å². The Morgan fingerprint density at radius 1 is 1.29 bits per heavy atom. The number of phenolic OH excluding ortho intramolecular Hbond substituents is 1. The van der Waals surface area contributed by atoms with Crippen LogP contribution in [0.5, 0.6) is 11.5 Å². The molecule has 0 aliphatic heterocycles. The lowest BCUT2D eigenvalue weighted by Gasteiger charge is -2.05. The minimum absolute atomic E-state index is 0.0399. The van der Waals surface area contributed by atoms with Gasteiger partial charge in [0, 0.05) is 17.9 Å². The predicted octanol–water partition coefficient (Wildman–Crippen LogP) is 3.86. The lowest BCUT2D eigenvalue weighted by Crippen LogP contribution is -2.07. The summed E-state index contributed by atoms with van der Waals surface area (Å²) in [6.07, 6.45) is 2.49. The van der Waals surface area contributed by atoms with Gasteiger partial charge in [0.2, 0.25) is 0 Å².